The van der Waals surface area contributed by atoms with Crippen molar-refractivity contribution < 1.29 is 31.5 Å². The summed E-state index contributed by atoms with van der Waals surface area (Å²) in [6.45, 7) is 1.13. The third-order valence-electron chi connectivity index (χ3n) is 3.02. The van der Waals surface area contributed by atoms with Crippen molar-refractivity contribution in [2.75, 3.05) is 10.6 Å². The molecule has 0 aliphatic carbocycles. The lowest BCUT2D eigenvalue weighted by Crippen LogP contribution is -2.18. The van der Waals surface area contributed by atoms with Crippen LogP contribution in [-0.4, -0.2) is 11.8 Å². The molecule has 0 radical (unpaired) electrons. The maximum atomic E-state index is 13.2. The van der Waals surface area contributed by atoms with Crippen LogP contribution in [0.2, 0.25) is 0 Å². The first-order valence-corrected chi connectivity index (χ1v) is 6.82. The Morgan fingerprint density at radius 1 is 0.920 bits per heavy atom. The van der Waals surface area contributed by atoms with Crippen LogP contribution in [0, 0.1) is 11.6 Å². The summed E-state index contributed by atoms with van der Waals surface area (Å²) in [5.74, 6) is -3.76. The van der Waals surface area contributed by atoms with Crippen molar-refractivity contribution in [2.45, 2.75) is 13.1 Å². The quantitative estimate of drug-likeness (QED) is 0.808. The fourth-order valence-corrected chi connectivity index (χ4v) is 2.05. The summed E-state index contributed by atoms with van der Waals surface area (Å²) in [5, 5.41) is 4.16. The van der Waals surface area contributed by atoms with Crippen LogP contribution in [0.3, 0.4) is 0 Å². The molecule has 0 atom stereocenters. The maximum Gasteiger partial charge on any atom is 0.418 e. The minimum absolute atomic E-state index is 0.116. The zero-order chi connectivity index (χ0) is 18.8. The van der Waals surface area contributed by atoms with Gasteiger partial charge in [-0.1, -0.05) is 0 Å². The predicted octanol–water partition coefficient (Wildman–Crippen LogP) is 4.19. The highest BCUT2D eigenvalue weighted by atomic mass is 19.4. The number of amides is 2. The molecule has 4 nitrogen and oxygen atoms in total. The molecule has 0 saturated carbocycles. The normalized spacial score (nSPS) is 11.1. The van der Waals surface area contributed by atoms with Crippen molar-refractivity contribution >= 4 is 23.2 Å². The van der Waals surface area contributed by atoms with E-state index in [0.29, 0.717) is 24.3 Å². The SMILES string of the molecule is CC(=O)Nc1ccc(NC(=O)c2cc(F)cc(F)c2)c(C(F)(F)F)c1. The second-order valence-corrected chi connectivity index (χ2v) is 5.05. The Labute approximate surface area is 138 Å². The zero-order valence-electron chi connectivity index (χ0n) is 12.7. The molecule has 2 aromatic carbocycles. The Morgan fingerprint density at radius 2 is 1.52 bits per heavy atom. The maximum absolute atomic E-state index is 13.2. The van der Waals surface area contributed by atoms with E-state index in [1.165, 1.54) is 0 Å². The van der Waals surface area contributed by atoms with Gasteiger partial charge in [0, 0.05) is 24.2 Å². The molecule has 25 heavy (non-hydrogen) atoms. The van der Waals surface area contributed by atoms with Gasteiger partial charge in [-0.15, -0.1) is 0 Å². The van der Waals surface area contributed by atoms with Crippen molar-refractivity contribution in [3.05, 3.63) is 59.2 Å². The third-order valence-corrected chi connectivity index (χ3v) is 3.02. The van der Waals surface area contributed by atoms with Gasteiger partial charge in [0.2, 0.25) is 5.91 Å². The molecule has 0 aliphatic heterocycles. The Morgan fingerprint density at radius 3 is 2.04 bits per heavy atom. The molecule has 0 aromatic heterocycles. The van der Waals surface area contributed by atoms with Crippen LogP contribution in [0.15, 0.2) is 36.4 Å². The molecule has 2 amide bonds. The van der Waals surface area contributed by atoms with Gasteiger partial charge < -0.3 is 10.6 Å². The summed E-state index contributed by atoms with van der Waals surface area (Å²) < 4.78 is 65.7. The Bertz CT molecular complexity index is 814. The summed E-state index contributed by atoms with van der Waals surface area (Å²) in [6.07, 6.45) is -4.83. The molecule has 132 valence electrons. The number of hydrogen-bond acceptors (Lipinski definition) is 2. The van der Waals surface area contributed by atoms with Crippen LogP contribution in [0.25, 0.3) is 0 Å². The molecule has 0 heterocycles. The van der Waals surface area contributed by atoms with E-state index in [9.17, 15) is 31.5 Å². The second-order valence-electron chi connectivity index (χ2n) is 5.05. The van der Waals surface area contributed by atoms with Crippen LogP contribution >= 0.6 is 0 Å². The molecule has 2 N–H and O–H groups in total. The number of carbonyl (C=O) groups excluding carboxylic acids is 2. The number of anilines is 2. The van der Waals surface area contributed by atoms with Gasteiger partial charge in [-0.2, -0.15) is 13.2 Å². The smallest absolute Gasteiger partial charge is 0.326 e. The molecular formula is C16H11F5N2O2. The fraction of sp³-hybridized carbons (Fsp3) is 0.125. The summed E-state index contributed by atoms with van der Waals surface area (Å²) in [7, 11) is 0. The van der Waals surface area contributed by atoms with Crippen LogP contribution in [-0.2, 0) is 11.0 Å². The largest absolute Gasteiger partial charge is 0.418 e. The summed E-state index contributed by atoms with van der Waals surface area (Å²) in [4.78, 5) is 22.9. The van der Waals surface area contributed by atoms with Crippen molar-refractivity contribution in [1.29, 1.82) is 0 Å². The van der Waals surface area contributed by atoms with Gasteiger partial charge in [0.1, 0.15) is 11.6 Å². The molecule has 0 saturated heterocycles. The number of nitrogens with one attached hydrogen (secondary N) is 2. The molecular weight excluding hydrogens is 347 g/mol. The highest BCUT2D eigenvalue weighted by Gasteiger charge is 2.34. The monoisotopic (exact) mass is 358 g/mol. The lowest BCUT2D eigenvalue weighted by molar-refractivity contribution is -0.137. The Hall–Kier alpha value is -2.97. The fourth-order valence-electron chi connectivity index (χ4n) is 2.05. The predicted molar refractivity (Wildman–Crippen MR) is 80.1 cm³/mol. The summed E-state index contributed by atoms with van der Waals surface area (Å²) in [5.41, 5.74) is -2.42. The van der Waals surface area contributed by atoms with Gasteiger partial charge in [-0.3, -0.25) is 9.59 Å². The van der Waals surface area contributed by atoms with Crippen molar-refractivity contribution in [1.82, 2.24) is 0 Å². The van der Waals surface area contributed by atoms with E-state index in [1.807, 2.05) is 5.32 Å². The number of halogens is 5. The summed E-state index contributed by atoms with van der Waals surface area (Å²) >= 11 is 0. The molecule has 0 aliphatic rings. The van der Waals surface area contributed by atoms with E-state index in [-0.39, 0.29) is 5.69 Å². The Kier molecular flexibility index (Phi) is 5.05. The zero-order valence-corrected chi connectivity index (χ0v) is 12.7. The van der Waals surface area contributed by atoms with E-state index in [0.717, 1.165) is 19.1 Å². The van der Waals surface area contributed by atoms with E-state index in [2.05, 4.69) is 5.32 Å². The highest BCUT2D eigenvalue weighted by molar-refractivity contribution is 6.05. The molecule has 0 unspecified atom stereocenters. The molecule has 2 rings (SSSR count). The molecule has 9 heteroatoms. The van der Waals surface area contributed by atoms with Gasteiger partial charge in [0.15, 0.2) is 0 Å². The van der Waals surface area contributed by atoms with Gasteiger partial charge in [0.25, 0.3) is 5.91 Å². The van der Waals surface area contributed by atoms with Crippen molar-refractivity contribution in [2.24, 2.45) is 0 Å². The topological polar surface area (TPSA) is 58.2 Å². The lowest BCUT2D eigenvalue weighted by Gasteiger charge is -2.15. The van der Waals surface area contributed by atoms with Gasteiger partial charge in [-0.05, 0) is 30.3 Å². The minimum atomic E-state index is -4.83. The molecule has 0 bridgehead atoms. The molecule has 0 fully saturated rings. The first kappa shape index (κ1) is 18.4. The lowest BCUT2D eigenvalue weighted by atomic mass is 10.1. The Balaban J connectivity index is 2.37. The number of alkyl halides is 3. The molecule has 2 aromatic rings. The van der Waals surface area contributed by atoms with Crippen LogP contribution in [0.1, 0.15) is 22.8 Å². The van der Waals surface area contributed by atoms with Crippen molar-refractivity contribution in [3.63, 3.8) is 0 Å². The molecule has 0 spiro atoms. The van der Waals surface area contributed by atoms with Gasteiger partial charge >= 0.3 is 6.18 Å². The second kappa shape index (κ2) is 6.88. The number of rotatable bonds is 3. The van der Waals surface area contributed by atoms with Crippen LogP contribution in [0.4, 0.5) is 33.3 Å². The third kappa shape index (κ3) is 4.75. The number of benzene rings is 2. The standard InChI is InChI=1S/C16H11F5N2O2/c1-8(24)22-12-2-3-14(13(7-12)16(19,20)21)23-15(25)9-4-10(17)6-11(18)5-9/h2-7H,1H3,(H,22,24)(H,23,25). The van der Waals surface area contributed by atoms with E-state index >= 15 is 0 Å². The number of carbonyl (C=O) groups is 2. The van der Waals surface area contributed by atoms with Crippen molar-refractivity contribution in [3.8, 4) is 0 Å². The van der Waals surface area contributed by atoms with Crippen LogP contribution in [0.5, 0.6) is 0 Å². The average molecular weight is 358 g/mol. The first-order chi connectivity index (χ1) is 11.6. The van der Waals surface area contributed by atoms with E-state index in [1.54, 1.807) is 0 Å². The first-order valence-electron chi connectivity index (χ1n) is 6.82. The van der Waals surface area contributed by atoms with E-state index < -0.39 is 46.4 Å². The summed E-state index contributed by atoms with van der Waals surface area (Å²) in [6, 6.07) is 4.64. The van der Waals surface area contributed by atoms with Crippen LogP contribution < -0.4 is 10.6 Å². The minimum Gasteiger partial charge on any atom is -0.326 e. The highest BCUT2D eigenvalue weighted by Crippen LogP contribution is 2.36. The van der Waals surface area contributed by atoms with Gasteiger partial charge in [0.05, 0.1) is 11.3 Å². The average Bonchev–Trinajstić information content (AvgIpc) is 2.46. The van der Waals surface area contributed by atoms with E-state index in [4.69, 9.17) is 0 Å². The van der Waals surface area contributed by atoms with Gasteiger partial charge in [-0.25, -0.2) is 8.78 Å². The number of hydrogen-bond donors (Lipinski definition) is 2.